The highest BCUT2D eigenvalue weighted by atomic mass is 32.2. The van der Waals surface area contributed by atoms with Crippen LogP contribution in [0.5, 0.6) is 0 Å². The number of hydrogen-bond acceptors (Lipinski definition) is 3. The van der Waals surface area contributed by atoms with Gasteiger partial charge in [0.15, 0.2) is 5.16 Å². The van der Waals surface area contributed by atoms with Crippen LogP contribution in [0.4, 0.5) is 0 Å². The van der Waals surface area contributed by atoms with Crippen LogP contribution in [0.2, 0.25) is 0 Å². The highest BCUT2D eigenvalue weighted by molar-refractivity contribution is 8.00. The van der Waals surface area contributed by atoms with Crippen LogP contribution in [-0.2, 0) is 17.8 Å². The molecule has 1 aromatic heterocycles. The van der Waals surface area contributed by atoms with E-state index in [0.29, 0.717) is 6.04 Å². The Hall–Kier alpha value is -2.27. The summed E-state index contributed by atoms with van der Waals surface area (Å²) in [7, 11) is 0. The number of aromatic nitrogens is 2. The first kappa shape index (κ1) is 21.0. The Morgan fingerprint density at radius 2 is 1.90 bits per heavy atom. The fourth-order valence-electron chi connectivity index (χ4n) is 4.40. The summed E-state index contributed by atoms with van der Waals surface area (Å²) in [5, 5.41) is 0.808. The van der Waals surface area contributed by atoms with Gasteiger partial charge in [-0.25, -0.2) is 4.98 Å². The molecule has 0 N–H and O–H groups in total. The second kappa shape index (κ2) is 9.69. The molecule has 0 radical (unpaired) electrons. The zero-order valence-electron chi connectivity index (χ0n) is 18.0. The Labute approximate surface area is 183 Å². The van der Waals surface area contributed by atoms with Gasteiger partial charge in [-0.05, 0) is 56.7 Å². The van der Waals surface area contributed by atoms with E-state index in [1.165, 1.54) is 12.0 Å². The minimum Gasteiger partial charge on any atom is -0.339 e. The summed E-state index contributed by atoms with van der Waals surface area (Å²) in [6.07, 6.45) is 5.48. The average Bonchev–Trinajstić information content (AvgIpc) is 3.14. The normalized spacial score (nSPS) is 17.9. The zero-order valence-corrected chi connectivity index (χ0v) is 18.8. The predicted octanol–water partition coefficient (Wildman–Crippen LogP) is 5.55. The molecule has 1 amide bonds. The zero-order chi connectivity index (χ0) is 20.9. The maximum absolute atomic E-state index is 13.2. The summed E-state index contributed by atoms with van der Waals surface area (Å²) in [5.74, 6) is 0.258. The molecule has 1 aliphatic heterocycles. The first-order valence-electron chi connectivity index (χ1n) is 11.1. The van der Waals surface area contributed by atoms with Crippen LogP contribution >= 0.6 is 11.8 Å². The van der Waals surface area contributed by atoms with Crippen molar-refractivity contribution in [3.63, 3.8) is 0 Å². The number of imidazole rings is 1. The molecule has 158 valence electrons. The molecule has 0 unspecified atom stereocenters. The van der Waals surface area contributed by atoms with Crippen molar-refractivity contribution in [2.45, 2.75) is 68.9 Å². The number of thioether (sulfide) groups is 1. The van der Waals surface area contributed by atoms with Gasteiger partial charge in [0.05, 0.1) is 16.3 Å². The molecule has 5 heteroatoms. The third kappa shape index (κ3) is 4.56. The summed E-state index contributed by atoms with van der Waals surface area (Å²) in [6.45, 7) is 5.98. The number of benzene rings is 2. The number of fused-ring (bicyclic) bond motifs is 1. The van der Waals surface area contributed by atoms with Gasteiger partial charge >= 0.3 is 0 Å². The fraction of sp³-hybridized carbons (Fsp3) is 0.440. The average molecular weight is 422 g/mol. The quantitative estimate of drug-likeness (QED) is 0.469. The molecule has 0 bridgehead atoms. The molecule has 0 spiro atoms. The first-order chi connectivity index (χ1) is 14.7. The Balaban J connectivity index is 1.54. The van der Waals surface area contributed by atoms with Crippen molar-refractivity contribution in [2.24, 2.45) is 0 Å². The van der Waals surface area contributed by atoms with Gasteiger partial charge in [-0.15, -0.1) is 0 Å². The lowest BCUT2D eigenvalue weighted by Crippen LogP contribution is -2.46. The standard InChI is InChI=1S/C25H31N3OS/c1-3-21-13-9-10-17-27(21)24(29)19(2)30-25-26-22-14-7-8-15-23(22)28(25)18-16-20-11-5-4-6-12-20/h4-8,11-12,14-15,19,21H,3,9-10,13,16-18H2,1-2H3/t19-,21-/m1/s1. The molecule has 2 aromatic carbocycles. The molecule has 3 aromatic rings. The highest BCUT2D eigenvalue weighted by Crippen LogP contribution is 2.30. The lowest BCUT2D eigenvalue weighted by atomic mass is 10.00. The van der Waals surface area contributed by atoms with Gasteiger partial charge in [0.1, 0.15) is 0 Å². The number of amides is 1. The van der Waals surface area contributed by atoms with Gasteiger partial charge in [-0.2, -0.15) is 0 Å². The van der Waals surface area contributed by atoms with E-state index in [9.17, 15) is 4.79 Å². The van der Waals surface area contributed by atoms with Crippen LogP contribution < -0.4 is 0 Å². The topological polar surface area (TPSA) is 38.1 Å². The van der Waals surface area contributed by atoms with Gasteiger partial charge in [-0.1, -0.05) is 61.2 Å². The molecular weight excluding hydrogens is 390 g/mol. The number of hydrogen-bond donors (Lipinski definition) is 0. The second-order valence-corrected chi connectivity index (χ2v) is 9.43. The van der Waals surface area contributed by atoms with Crippen molar-refractivity contribution < 1.29 is 4.79 Å². The molecule has 1 aliphatic rings. The van der Waals surface area contributed by atoms with Gasteiger partial charge in [0.2, 0.25) is 5.91 Å². The van der Waals surface area contributed by atoms with E-state index >= 15 is 0 Å². The van der Waals surface area contributed by atoms with Crippen molar-refractivity contribution in [3.05, 3.63) is 60.2 Å². The van der Waals surface area contributed by atoms with E-state index in [1.54, 1.807) is 11.8 Å². The molecule has 1 saturated heterocycles. The number of piperidine rings is 1. The monoisotopic (exact) mass is 421 g/mol. The number of likely N-dealkylation sites (tertiary alicyclic amines) is 1. The number of carbonyl (C=O) groups is 1. The maximum atomic E-state index is 13.2. The minimum absolute atomic E-state index is 0.135. The minimum atomic E-state index is -0.135. The van der Waals surface area contributed by atoms with Crippen LogP contribution in [0.3, 0.4) is 0 Å². The third-order valence-electron chi connectivity index (χ3n) is 6.10. The Morgan fingerprint density at radius 1 is 1.13 bits per heavy atom. The van der Waals surface area contributed by atoms with Gasteiger partial charge in [-0.3, -0.25) is 4.79 Å². The van der Waals surface area contributed by atoms with E-state index in [2.05, 4.69) is 64.9 Å². The molecule has 4 nitrogen and oxygen atoms in total. The summed E-state index contributed by atoms with van der Waals surface area (Å²) in [4.78, 5) is 20.3. The number of aryl methyl sites for hydroxylation is 2. The molecule has 2 atom stereocenters. The lowest BCUT2D eigenvalue weighted by molar-refractivity contribution is -0.134. The largest absolute Gasteiger partial charge is 0.339 e. The molecule has 30 heavy (non-hydrogen) atoms. The smallest absolute Gasteiger partial charge is 0.236 e. The van der Waals surface area contributed by atoms with Crippen molar-refractivity contribution in [3.8, 4) is 0 Å². The van der Waals surface area contributed by atoms with Crippen LogP contribution in [0.25, 0.3) is 11.0 Å². The third-order valence-corrected chi connectivity index (χ3v) is 7.18. The molecule has 0 aliphatic carbocycles. The Kier molecular flexibility index (Phi) is 6.78. The van der Waals surface area contributed by atoms with Crippen molar-refractivity contribution in [1.82, 2.24) is 14.5 Å². The number of carbonyl (C=O) groups excluding carboxylic acids is 1. The van der Waals surface area contributed by atoms with Crippen molar-refractivity contribution in [2.75, 3.05) is 6.54 Å². The highest BCUT2D eigenvalue weighted by Gasteiger charge is 2.30. The number of nitrogens with zero attached hydrogens (tertiary/aromatic N) is 3. The van der Waals surface area contributed by atoms with Gasteiger partial charge < -0.3 is 9.47 Å². The van der Waals surface area contributed by atoms with Crippen molar-refractivity contribution >= 4 is 28.7 Å². The fourth-order valence-corrected chi connectivity index (χ4v) is 5.42. The lowest BCUT2D eigenvalue weighted by Gasteiger charge is -2.36. The molecule has 1 fully saturated rings. The molecular formula is C25H31N3OS. The molecule has 4 rings (SSSR count). The van der Waals surface area contributed by atoms with E-state index < -0.39 is 0 Å². The van der Waals surface area contributed by atoms with Crippen LogP contribution in [0.1, 0.15) is 45.1 Å². The first-order valence-corrected chi connectivity index (χ1v) is 12.0. The summed E-state index contributed by atoms with van der Waals surface area (Å²) in [5.41, 5.74) is 3.45. The van der Waals surface area contributed by atoms with E-state index in [-0.39, 0.29) is 11.2 Å². The predicted molar refractivity (Wildman–Crippen MR) is 125 cm³/mol. The number of para-hydroxylation sites is 2. The van der Waals surface area contributed by atoms with Crippen LogP contribution in [-0.4, -0.2) is 38.2 Å². The van der Waals surface area contributed by atoms with Gasteiger partial charge in [0.25, 0.3) is 0 Å². The Morgan fingerprint density at radius 3 is 2.70 bits per heavy atom. The van der Waals surface area contributed by atoms with E-state index in [0.717, 1.165) is 55.0 Å². The van der Waals surface area contributed by atoms with E-state index in [1.807, 2.05) is 13.0 Å². The van der Waals surface area contributed by atoms with Crippen LogP contribution in [0.15, 0.2) is 59.8 Å². The van der Waals surface area contributed by atoms with Gasteiger partial charge in [0, 0.05) is 19.1 Å². The summed E-state index contributed by atoms with van der Waals surface area (Å²) < 4.78 is 2.28. The summed E-state index contributed by atoms with van der Waals surface area (Å²) >= 11 is 1.61. The van der Waals surface area contributed by atoms with Crippen LogP contribution in [0, 0.1) is 0 Å². The van der Waals surface area contributed by atoms with E-state index in [4.69, 9.17) is 4.98 Å². The van der Waals surface area contributed by atoms with Crippen molar-refractivity contribution in [1.29, 1.82) is 0 Å². The molecule has 0 saturated carbocycles. The molecule has 2 heterocycles. The Bertz CT molecular complexity index is 984. The summed E-state index contributed by atoms with van der Waals surface area (Å²) in [6, 6.07) is 19.2. The SMILES string of the molecule is CC[C@@H]1CCCCN1C(=O)[C@@H](C)Sc1nc2ccccc2n1CCc1ccccc1. The maximum Gasteiger partial charge on any atom is 0.236 e. The number of rotatable bonds is 7. The second-order valence-electron chi connectivity index (χ2n) is 8.12.